The number of esters is 1. The Balaban J connectivity index is 1.68. The maximum Gasteiger partial charge on any atom is 0.407 e. The number of nitrogens with one attached hydrogen (secondary N) is 1. The van der Waals surface area contributed by atoms with E-state index in [1.807, 2.05) is 30.3 Å². The van der Waals surface area contributed by atoms with Crippen molar-refractivity contribution in [1.29, 1.82) is 0 Å². The van der Waals surface area contributed by atoms with E-state index in [1.54, 1.807) is 0 Å². The number of hydrogen-bond acceptors (Lipinski definition) is 10. The van der Waals surface area contributed by atoms with Crippen molar-refractivity contribution in [3.05, 3.63) is 35.9 Å². The summed E-state index contributed by atoms with van der Waals surface area (Å²) in [5, 5.41) is 2.64. The number of ether oxygens (including phenoxy) is 8. The molecule has 1 N–H and O–H groups in total. The molecule has 0 aliphatic heterocycles. The van der Waals surface area contributed by atoms with Crippen LogP contribution < -0.4 is 5.32 Å². The molecular weight excluding hydrogens is 582 g/mol. The number of rotatable bonds is 33. The average Bonchev–Trinajstić information content (AvgIpc) is 3.05. The van der Waals surface area contributed by atoms with Crippen LogP contribution in [0.25, 0.3) is 0 Å². The molecular formula is C34H59NO10. The van der Waals surface area contributed by atoms with Crippen LogP contribution in [0.3, 0.4) is 0 Å². The standard InChI is InChI=1S/C34H59NO10/c1-2-3-4-5-6-7-8-9-13-16-33(36)44-30-29-43-28-27-42-26-25-41-24-23-40-22-21-39-20-19-38-18-17-35-34(37)45-31-32-14-11-10-12-15-32/h10-12,14-15H,2-9,13,16-31H2,1H3,(H,35,37). The molecule has 0 aromatic heterocycles. The minimum Gasteiger partial charge on any atom is -0.463 e. The summed E-state index contributed by atoms with van der Waals surface area (Å²) in [4.78, 5) is 23.4. The van der Waals surface area contributed by atoms with E-state index < -0.39 is 6.09 Å². The predicted octanol–water partition coefficient (Wildman–Crippen LogP) is 5.48. The summed E-state index contributed by atoms with van der Waals surface area (Å²) in [6.45, 7) is 8.53. The Morgan fingerprint density at radius 2 is 0.978 bits per heavy atom. The first-order chi connectivity index (χ1) is 22.2. The lowest BCUT2D eigenvalue weighted by molar-refractivity contribution is -0.145. The molecule has 0 aliphatic rings. The number of carbonyl (C=O) groups excluding carboxylic acids is 2. The molecule has 0 heterocycles. The molecule has 0 fully saturated rings. The van der Waals surface area contributed by atoms with Crippen LogP contribution in [-0.4, -0.2) is 104 Å². The first-order valence-corrected chi connectivity index (χ1v) is 16.8. The van der Waals surface area contributed by atoms with Gasteiger partial charge in [0, 0.05) is 13.0 Å². The van der Waals surface area contributed by atoms with Gasteiger partial charge in [0.05, 0.1) is 79.3 Å². The van der Waals surface area contributed by atoms with E-state index in [0.29, 0.717) is 92.2 Å². The van der Waals surface area contributed by atoms with E-state index in [-0.39, 0.29) is 19.2 Å². The number of hydrogen-bond donors (Lipinski definition) is 1. The molecule has 11 nitrogen and oxygen atoms in total. The Bertz CT molecular complexity index is 784. The Hall–Kier alpha value is -2.28. The monoisotopic (exact) mass is 641 g/mol. The van der Waals surface area contributed by atoms with Crippen molar-refractivity contribution in [2.75, 3.05) is 92.4 Å². The second-order valence-corrected chi connectivity index (χ2v) is 10.5. The molecule has 260 valence electrons. The van der Waals surface area contributed by atoms with Gasteiger partial charge in [-0.25, -0.2) is 4.79 Å². The molecule has 0 bridgehead atoms. The summed E-state index contributed by atoms with van der Waals surface area (Å²) in [6.07, 6.45) is 11.1. The summed E-state index contributed by atoms with van der Waals surface area (Å²) in [6, 6.07) is 9.51. The van der Waals surface area contributed by atoms with Crippen LogP contribution in [0.15, 0.2) is 30.3 Å². The number of alkyl carbamates (subject to hydrolysis) is 1. The highest BCUT2D eigenvalue weighted by atomic mass is 16.6. The van der Waals surface area contributed by atoms with Crippen molar-refractivity contribution in [2.24, 2.45) is 0 Å². The van der Waals surface area contributed by atoms with Gasteiger partial charge >= 0.3 is 12.1 Å². The Kier molecular flexibility index (Phi) is 30.0. The summed E-state index contributed by atoms with van der Waals surface area (Å²) in [7, 11) is 0. The fraction of sp³-hybridized carbons (Fsp3) is 0.765. The summed E-state index contributed by atoms with van der Waals surface area (Å²) >= 11 is 0. The molecule has 0 spiro atoms. The molecule has 45 heavy (non-hydrogen) atoms. The lowest BCUT2D eigenvalue weighted by Crippen LogP contribution is -2.28. The summed E-state index contributed by atoms with van der Waals surface area (Å²) in [5.41, 5.74) is 0.938. The summed E-state index contributed by atoms with van der Waals surface area (Å²) in [5.74, 6) is -0.141. The molecule has 0 aliphatic carbocycles. The van der Waals surface area contributed by atoms with Crippen LogP contribution in [-0.2, 0) is 49.3 Å². The normalized spacial score (nSPS) is 11.0. The number of unbranched alkanes of at least 4 members (excludes halogenated alkanes) is 8. The van der Waals surface area contributed by atoms with Gasteiger partial charge in [0.1, 0.15) is 13.2 Å². The molecule has 0 saturated heterocycles. The topological polar surface area (TPSA) is 120 Å². The fourth-order valence-electron chi connectivity index (χ4n) is 4.07. The maximum absolute atomic E-state index is 11.8. The molecule has 1 amide bonds. The van der Waals surface area contributed by atoms with Gasteiger partial charge in [-0.1, -0.05) is 88.6 Å². The van der Waals surface area contributed by atoms with Crippen LogP contribution in [0.4, 0.5) is 4.79 Å². The van der Waals surface area contributed by atoms with Crippen molar-refractivity contribution in [3.63, 3.8) is 0 Å². The number of amides is 1. The van der Waals surface area contributed by atoms with E-state index in [0.717, 1.165) is 18.4 Å². The fourth-order valence-corrected chi connectivity index (χ4v) is 4.07. The molecule has 1 aromatic rings. The third kappa shape index (κ3) is 30.2. The molecule has 0 radical (unpaired) electrons. The zero-order valence-corrected chi connectivity index (χ0v) is 27.6. The lowest BCUT2D eigenvalue weighted by Gasteiger charge is -2.09. The highest BCUT2D eigenvalue weighted by Crippen LogP contribution is 2.10. The number of carbonyl (C=O) groups is 2. The van der Waals surface area contributed by atoms with Gasteiger partial charge < -0.3 is 43.2 Å². The van der Waals surface area contributed by atoms with Gasteiger partial charge in [-0.05, 0) is 12.0 Å². The third-order valence-corrected chi connectivity index (χ3v) is 6.56. The van der Waals surface area contributed by atoms with Crippen molar-refractivity contribution in [1.82, 2.24) is 5.32 Å². The highest BCUT2D eigenvalue weighted by Gasteiger charge is 2.03. The zero-order chi connectivity index (χ0) is 32.3. The number of benzene rings is 1. The molecule has 0 atom stereocenters. The van der Waals surface area contributed by atoms with E-state index in [9.17, 15) is 9.59 Å². The van der Waals surface area contributed by atoms with Crippen molar-refractivity contribution >= 4 is 12.1 Å². The van der Waals surface area contributed by atoms with Crippen LogP contribution >= 0.6 is 0 Å². The van der Waals surface area contributed by atoms with Crippen LogP contribution in [0, 0.1) is 0 Å². The van der Waals surface area contributed by atoms with Gasteiger partial charge in [-0.3, -0.25) is 4.79 Å². The van der Waals surface area contributed by atoms with Crippen molar-refractivity contribution < 1.29 is 47.5 Å². The lowest BCUT2D eigenvalue weighted by atomic mass is 10.1. The van der Waals surface area contributed by atoms with Gasteiger partial charge in [0.25, 0.3) is 0 Å². The van der Waals surface area contributed by atoms with Crippen LogP contribution in [0.2, 0.25) is 0 Å². The Morgan fingerprint density at radius 3 is 1.49 bits per heavy atom. The molecule has 0 saturated carbocycles. The quantitative estimate of drug-likeness (QED) is 0.0781. The summed E-state index contributed by atoms with van der Waals surface area (Å²) < 4.78 is 43.0. The minimum atomic E-state index is -0.469. The van der Waals surface area contributed by atoms with Crippen LogP contribution in [0.1, 0.15) is 76.7 Å². The van der Waals surface area contributed by atoms with Gasteiger partial charge in [0.2, 0.25) is 0 Å². The van der Waals surface area contributed by atoms with E-state index in [2.05, 4.69) is 12.2 Å². The Labute approximate surface area is 270 Å². The van der Waals surface area contributed by atoms with E-state index in [1.165, 1.54) is 44.9 Å². The van der Waals surface area contributed by atoms with Crippen molar-refractivity contribution in [2.45, 2.75) is 77.7 Å². The molecule has 11 heteroatoms. The molecule has 0 unspecified atom stereocenters. The molecule has 1 aromatic carbocycles. The zero-order valence-electron chi connectivity index (χ0n) is 27.6. The van der Waals surface area contributed by atoms with E-state index >= 15 is 0 Å². The highest BCUT2D eigenvalue weighted by molar-refractivity contribution is 5.69. The minimum absolute atomic E-state index is 0.141. The molecule has 1 rings (SSSR count). The smallest absolute Gasteiger partial charge is 0.407 e. The van der Waals surface area contributed by atoms with Crippen LogP contribution in [0.5, 0.6) is 0 Å². The second-order valence-electron chi connectivity index (χ2n) is 10.5. The van der Waals surface area contributed by atoms with Gasteiger partial charge in [-0.2, -0.15) is 0 Å². The predicted molar refractivity (Wildman–Crippen MR) is 172 cm³/mol. The Morgan fingerprint density at radius 1 is 0.533 bits per heavy atom. The third-order valence-electron chi connectivity index (χ3n) is 6.56. The van der Waals surface area contributed by atoms with Crippen molar-refractivity contribution in [3.8, 4) is 0 Å². The van der Waals surface area contributed by atoms with E-state index in [4.69, 9.17) is 37.9 Å². The first kappa shape index (κ1) is 40.7. The second kappa shape index (κ2) is 33.1. The average molecular weight is 642 g/mol. The van der Waals surface area contributed by atoms with Gasteiger partial charge in [0.15, 0.2) is 0 Å². The van der Waals surface area contributed by atoms with Gasteiger partial charge in [-0.15, -0.1) is 0 Å². The SMILES string of the molecule is CCCCCCCCCCCC(=O)OCCOCCOCCOCCOCCOCCOCCNC(=O)OCc1ccccc1. The largest absolute Gasteiger partial charge is 0.463 e. The maximum atomic E-state index is 11.8. The first-order valence-electron chi connectivity index (χ1n) is 16.8.